The van der Waals surface area contributed by atoms with Crippen LogP contribution in [0.25, 0.3) is 0 Å². The van der Waals surface area contributed by atoms with E-state index in [1.807, 2.05) is 6.92 Å². The molecule has 0 radical (unpaired) electrons. The van der Waals surface area contributed by atoms with Crippen molar-refractivity contribution in [2.24, 2.45) is 0 Å². The number of hydrazine groups is 1. The number of hydrogen-bond donors (Lipinski definition) is 3. The second kappa shape index (κ2) is 5.63. The van der Waals surface area contributed by atoms with Crippen LogP contribution in [-0.2, 0) is 0 Å². The fraction of sp³-hybridized carbons (Fsp3) is 0.250. The topological polar surface area (TPSA) is 66.1 Å². The number of amides is 2. The largest absolute Gasteiger partial charge is 0.337 e. The predicted molar refractivity (Wildman–Crippen MR) is 60.1 cm³/mol. The summed E-state index contributed by atoms with van der Waals surface area (Å²) in [6, 6.07) is -0.360. The first-order valence-corrected chi connectivity index (χ1v) is 4.99. The van der Waals surface area contributed by atoms with E-state index in [0.29, 0.717) is 22.3 Å². The summed E-state index contributed by atoms with van der Waals surface area (Å²) in [7, 11) is 0. The van der Waals surface area contributed by atoms with Crippen LogP contribution in [0.4, 0.5) is 10.5 Å². The Morgan fingerprint density at radius 3 is 2.53 bits per heavy atom. The molecule has 0 bridgehead atoms. The number of carbonyl (C=O) groups excluding carboxylic acids is 1. The summed E-state index contributed by atoms with van der Waals surface area (Å²) < 4.78 is 0. The van der Waals surface area contributed by atoms with Gasteiger partial charge in [-0.05, 0) is 6.92 Å². The summed E-state index contributed by atoms with van der Waals surface area (Å²) in [4.78, 5) is 14.8. The van der Waals surface area contributed by atoms with Gasteiger partial charge in [0.15, 0.2) is 0 Å². The van der Waals surface area contributed by atoms with Crippen LogP contribution in [0, 0.1) is 0 Å². The Kier molecular flexibility index (Phi) is 4.45. The van der Waals surface area contributed by atoms with Crippen molar-refractivity contribution in [3.05, 3.63) is 22.4 Å². The minimum atomic E-state index is -0.360. The van der Waals surface area contributed by atoms with Gasteiger partial charge < -0.3 is 5.32 Å². The Labute approximate surface area is 97.1 Å². The van der Waals surface area contributed by atoms with Crippen LogP contribution in [0.3, 0.4) is 0 Å². The van der Waals surface area contributed by atoms with Gasteiger partial charge in [0.25, 0.3) is 0 Å². The van der Waals surface area contributed by atoms with Gasteiger partial charge >= 0.3 is 6.03 Å². The molecule has 1 rings (SSSR count). The Balaban J connectivity index is 2.61. The minimum absolute atomic E-state index is 0.333. The fourth-order valence-electron chi connectivity index (χ4n) is 0.855. The molecule has 1 aromatic rings. The van der Waals surface area contributed by atoms with Crippen LogP contribution in [0.15, 0.2) is 12.4 Å². The van der Waals surface area contributed by atoms with Gasteiger partial charge in [-0.1, -0.05) is 23.2 Å². The molecule has 15 heavy (non-hydrogen) atoms. The monoisotopic (exact) mass is 248 g/mol. The van der Waals surface area contributed by atoms with Gasteiger partial charge in [0.1, 0.15) is 0 Å². The van der Waals surface area contributed by atoms with E-state index < -0.39 is 0 Å². The first-order valence-electron chi connectivity index (χ1n) is 4.24. The average molecular weight is 249 g/mol. The second-order valence-electron chi connectivity index (χ2n) is 2.59. The summed E-state index contributed by atoms with van der Waals surface area (Å²) in [6.07, 6.45) is 2.85. The molecule has 5 nitrogen and oxygen atoms in total. The normalized spacial score (nSPS) is 9.53. The summed E-state index contributed by atoms with van der Waals surface area (Å²) in [5, 5.41) is 3.21. The highest BCUT2D eigenvalue weighted by Gasteiger charge is 2.06. The number of anilines is 1. The minimum Gasteiger partial charge on any atom is -0.337 e. The van der Waals surface area contributed by atoms with Gasteiger partial charge in [-0.2, -0.15) is 0 Å². The highest BCUT2D eigenvalue weighted by atomic mass is 35.5. The van der Waals surface area contributed by atoms with Crippen molar-refractivity contribution in [3.8, 4) is 0 Å². The highest BCUT2D eigenvalue weighted by molar-refractivity contribution is 6.38. The maximum Gasteiger partial charge on any atom is 0.333 e. The SMILES string of the molecule is CCNC(=O)NNc1c(Cl)cncc1Cl. The van der Waals surface area contributed by atoms with Crippen molar-refractivity contribution in [1.29, 1.82) is 0 Å². The van der Waals surface area contributed by atoms with Crippen molar-refractivity contribution < 1.29 is 4.79 Å². The van der Waals surface area contributed by atoms with Crippen LogP contribution < -0.4 is 16.2 Å². The number of halogens is 2. The molecule has 3 N–H and O–H groups in total. The van der Waals surface area contributed by atoms with E-state index >= 15 is 0 Å². The Morgan fingerprint density at radius 1 is 1.40 bits per heavy atom. The molecule has 0 saturated carbocycles. The molecule has 0 saturated heterocycles. The number of pyridine rings is 1. The molecule has 0 fully saturated rings. The molecule has 1 aromatic heterocycles. The van der Waals surface area contributed by atoms with Gasteiger partial charge in [-0.25, -0.2) is 4.79 Å². The number of nitrogens with zero attached hydrogens (tertiary/aromatic N) is 1. The number of hydrogen-bond acceptors (Lipinski definition) is 3. The van der Waals surface area contributed by atoms with E-state index in [-0.39, 0.29) is 6.03 Å². The molecule has 0 aliphatic rings. The number of urea groups is 1. The van der Waals surface area contributed by atoms with Crippen LogP contribution in [0.2, 0.25) is 10.0 Å². The molecule has 1 heterocycles. The molecule has 2 amide bonds. The lowest BCUT2D eigenvalue weighted by atomic mass is 10.4. The standard InChI is InChI=1S/C8H10Cl2N4O/c1-2-12-8(15)14-13-7-5(9)3-11-4-6(7)10/h3-4H,2H2,1H3,(H,11,13)(H2,12,14,15). The number of aromatic nitrogens is 1. The molecule has 0 atom stereocenters. The summed E-state index contributed by atoms with van der Waals surface area (Å²) >= 11 is 11.6. The first-order chi connectivity index (χ1) is 7.15. The molecule has 82 valence electrons. The zero-order valence-electron chi connectivity index (χ0n) is 7.97. The van der Waals surface area contributed by atoms with Gasteiger partial charge in [0, 0.05) is 18.9 Å². The van der Waals surface area contributed by atoms with Crippen molar-refractivity contribution in [1.82, 2.24) is 15.7 Å². The van der Waals surface area contributed by atoms with Crippen molar-refractivity contribution in [3.63, 3.8) is 0 Å². The molecular weight excluding hydrogens is 239 g/mol. The first kappa shape index (κ1) is 11.9. The van der Waals surface area contributed by atoms with E-state index in [4.69, 9.17) is 23.2 Å². The third-order valence-electron chi connectivity index (χ3n) is 1.49. The zero-order valence-corrected chi connectivity index (χ0v) is 9.49. The van der Waals surface area contributed by atoms with Crippen molar-refractivity contribution in [2.45, 2.75) is 6.92 Å². The van der Waals surface area contributed by atoms with Crippen LogP contribution >= 0.6 is 23.2 Å². The highest BCUT2D eigenvalue weighted by Crippen LogP contribution is 2.27. The van der Waals surface area contributed by atoms with E-state index in [1.54, 1.807) is 0 Å². The van der Waals surface area contributed by atoms with Gasteiger partial charge in [0.2, 0.25) is 0 Å². The Bertz CT molecular complexity index is 338. The predicted octanol–water partition coefficient (Wildman–Crippen LogP) is 2.03. The lowest BCUT2D eigenvalue weighted by Gasteiger charge is -2.10. The second-order valence-corrected chi connectivity index (χ2v) is 3.40. The van der Waals surface area contributed by atoms with Gasteiger partial charge in [-0.15, -0.1) is 0 Å². The number of rotatable bonds is 3. The zero-order chi connectivity index (χ0) is 11.3. The van der Waals surface area contributed by atoms with E-state index in [1.165, 1.54) is 12.4 Å². The maximum atomic E-state index is 11.1. The van der Waals surface area contributed by atoms with Crippen LogP contribution in [0.5, 0.6) is 0 Å². The number of nitrogens with one attached hydrogen (secondary N) is 3. The molecule has 7 heteroatoms. The van der Waals surface area contributed by atoms with E-state index in [9.17, 15) is 4.79 Å². The average Bonchev–Trinajstić information content (AvgIpc) is 2.17. The summed E-state index contributed by atoms with van der Waals surface area (Å²) in [6.45, 7) is 2.34. The molecule has 0 aliphatic carbocycles. The third-order valence-corrected chi connectivity index (χ3v) is 2.06. The van der Waals surface area contributed by atoms with Crippen LogP contribution in [0.1, 0.15) is 6.92 Å². The molecule has 0 aliphatic heterocycles. The smallest absolute Gasteiger partial charge is 0.333 e. The molecule has 0 unspecified atom stereocenters. The maximum absolute atomic E-state index is 11.1. The van der Waals surface area contributed by atoms with E-state index in [0.717, 1.165) is 0 Å². The summed E-state index contributed by atoms with van der Waals surface area (Å²) in [5.41, 5.74) is 5.40. The summed E-state index contributed by atoms with van der Waals surface area (Å²) in [5.74, 6) is 0. The Hall–Kier alpha value is -1.20. The lowest BCUT2D eigenvalue weighted by Crippen LogP contribution is -2.38. The van der Waals surface area contributed by atoms with Gasteiger partial charge in [-0.3, -0.25) is 15.8 Å². The quantitative estimate of drug-likeness (QED) is 0.718. The van der Waals surface area contributed by atoms with Crippen LogP contribution in [-0.4, -0.2) is 17.6 Å². The third kappa shape index (κ3) is 3.45. The van der Waals surface area contributed by atoms with Crippen molar-refractivity contribution in [2.75, 3.05) is 12.0 Å². The Morgan fingerprint density at radius 2 is 2.00 bits per heavy atom. The fourth-order valence-corrected chi connectivity index (χ4v) is 1.31. The lowest BCUT2D eigenvalue weighted by molar-refractivity contribution is 0.243. The van der Waals surface area contributed by atoms with E-state index in [2.05, 4.69) is 21.2 Å². The van der Waals surface area contributed by atoms with Gasteiger partial charge in [0.05, 0.1) is 15.7 Å². The molecule has 0 spiro atoms. The number of carbonyl (C=O) groups is 1. The molecular formula is C8H10Cl2N4O. The molecule has 0 aromatic carbocycles. The van der Waals surface area contributed by atoms with Crippen molar-refractivity contribution >= 4 is 34.9 Å².